The summed E-state index contributed by atoms with van der Waals surface area (Å²) in [6.45, 7) is 8.15. The van der Waals surface area contributed by atoms with E-state index in [-0.39, 0.29) is 17.4 Å². The molecule has 1 fully saturated rings. The number of carbonyl (C=O) groups excluding carboxylic acids is 2. The van der Waals surface area contributed by atoms with E-state index in [1.807, 2.05) is 18.2 Å². The Kier molecular flexibility index (Phi) is 5.72. The first-order valence-electron chi connectivity index (χ1n) is 9.10. The minimum absolute atomic E-state index is 0.131. The fourth-order valence-corrected chi connectivity index (χ4v) is 3.41. The van der Waals surface area contributed by atoms with E-state index in [9.17, 15) is 9.59 Å². The summed E-state index contributed by atoms with van der Waals surface area (Å²) in [5.41, 5.74) is 2.11. The number of hydrogen-bond donors (Lipinski definition) is 2. The van der Waals surface area contributed by atoms with Gasteiger partial charge in [-0.2, -0.15) is 0 Å². The molecule has 140 valence electrons. The van der Waals surface area contributed by atoms with Crippen LogP contribution in [0.2, 0.25) is 0 Å². The van der Waals surface area contributed by atoms with E-state index in [0.717, 1.165) is 26.1 Å². The average molecular weight is 363 g/mol. The Morgan fingerprint density at radius 2 is 1.96 bits per heavy atom. The first-order chi connectivity index (χ1) is 13.0. The van der Waals surface area contributed by atoms with Crippen molar-refractivity contribution in [3.8, 4) is 0 Å². The van der Waals surface area contributed by atoms with Gasteiger partial charge in [-0.15, -0.1) is 0 Å². The molecule has 0 radical (unpaired) electrons. The van der Waals surface area contributed by atoms with Crippen molar-refractivity contribution in [1.82, 2.24) is 10.2 Å². The third-order valence-corrected chi connectivity index (χ3v) is 4.79. The second-order valence-corrected chi connectivity index (χ2v) is 7.24. The van der Waals surface area contributed by atoms with Crippen LogP contribution >= 0.6 is 0 Å². The normalized spacial score (nSPS) is 19.4. The summed E-state index contributed by atoms with van der Waals surface area (Å²) in [7, 11) is 0. The summed E-state index contributed by atoms with van der Waals surface area (Å²) < 4.78 is 0. The number of amides is 2. The van der Waals surface area contributed by atoms with E-state index in [4.69, 9.17) is 0 Å². The molecule has 1 saturated heterocycles. The molecular formula is C22H25N3O2. The van der Waals surface area contributed by atoms with Crippen molar-refractivity contribution in [2.75, 3.05) is 18.4 Å². The summed E-state index contributed by atoms with van der Waals surface area (Å²) in [6, 6.07) is 17.3. The topological polar surface area (TPSA) is 61.4 Å². The van der Waals surface area contributed by atoms with Crippen LogP contribution in [0.15, 0.2) is 67.3 Å². The molecule has 3 rings (SSSR count). The molecule has 1 aliphatic heterocycles. The number of carbonyl (C=O) groups is 2. The van der Waals surface area contributed by atoms with Gasteiger partial charge in [0.25, 0.3) is 5.91 Å². The number of nitrogens with one attached hydrogen (secondary N) is 2. The first kappa shape index (κ1) is 18.9. The van der Waals surface area contributed by atoms with E-state index >= 15 is 0 Å². The van der Waals surface area contributed by atoms with Crippen molar-refractivity contribution in [3.05, 3.63) is 78.4 Å². The summed E-state index contributed by atoms with van der Waals surface area (Å²) in [6.07, 6.45) is 2.10. The van der Waals surface area contributed by atoms with Crippen molar-refractivity contribution < 1.29 is 9.59 Å². The van der Waals surface area contributed by atoms with Gasteiger partial charge < -0.3 is 10.6 Å². The quantitative estimate of drug-likeness (QED) is 0.775. The molecule has 1 atom stereocenters. The zero-order valence-corrected chi connectivity index (χ0v) is 15.6. The van der Waals surface area contributed by atoms with Crippen LogP contribution in [-0.2, 0) is 11.3 Å². The van der Waals surface area contributed by atoms with Crippen LogP contribution < -0.4 is 10.6 Å². The van der Waals surface area contributed by atoms with Gasteiger partial charge in [-0.1, -0.05) is 43.0 Å². The maximum atomic E-state index is 12.7. The predicted octanol–water partition coefficient (Wildman–Crippen LogP) is 3.21. The van der Waals surface area contributed by atoms with E-state index in [2.05, 4.69) is 41.2 Å². The highest BCUT2D eigenvalue weighted by Gasteiger charge is 2.35. The molecule has 0 spiro atoms. The van der Waals surface area contributed by atoms with Gasteiger partial charge in [0.15, 0.2) is 0 Å². The second kappa shape index (κ2) is 8.18. The largest absolute Gasteiger partial charge is 0.346 e. The molecule has 0 aliphatic carbocycles. The van der Waals surface area contributed by atoms with Crippen LogP contribution in [0.4, 0.5) is 5.69 Å². The molecule has 2 aromatic rings. The Hall–Kier alpha value is -2.92. The molecule has 2 amide bonds. The summed E-state index contributed by atoms with van der Waals surface area (Å²) in [5, 5.41) is 5.85. The van der Waals surface area contributed by atoms with E-state index in [1.54, 1.807) is 24.3 Å². The standard InChI is InChI=1S/C22H25N3O2/c1-3-20(26)23-19-11-7-10-18(14-19)21(27)24-22(2)12-13-25(16-22)15-17-8-5-4-6-9-17/h3-11,14H,1,12-13,15-16H2,2H3,(H,23,26)(H,24,27). The van der Waals surface area contributed by atoms with E-state index in [0.29, 0.717) is 11.3 Å². The van der Waals surface area contributed by atoms with Crippen LogP contribution in [0, 0.1) is 0 Å². The molecule has 5 heteroatoms. The Labute approximate surface area is 160 Å². The molecule has 5 nitrogen and oxygen atoms in total. The highest BCUT2D eigenvalue weighted by atomic mass is 16.2. The molecule has 0 bridgehead atoms. The molecule has 0 aromatic heterocycles. The summed E-state index contributed by atoms with van der Waals surface area (Å²) >= 11 is 0. The van der Waals surface area contributed by atoms with Crippen LogP contribution in [0.25, 0.3) is 0 Å². The number of anilines is 1. The molecule has 1 heterocycles. The van der Waals surface area contributed by atoms with Gasteiger partial charge in [0.1, 0.15) is 0 Å². The van der Waals surface area contributed by atoms with Crippen LogP contribution in [0.3, 0.4) is 0 Å². The predicted molar refractivity (Wildman–Crippen MR) is 107 cm³/mol. The monoisotopic (exact) mass is 363 g/mol. The smallest absolute Gasteiger partial charge is 0.251 e. The first-order valence-corrected chi connectivity index (χ1v) is 9.10. The maximum Gasteiger partial charge on any atom is 0.251 e. The second-order valence-electron chi connectivity index (χ2n) is 7.24. The lowest BCUT2D eigenvalue weighted by atomic mass is 10.0. The number of benzene rings is 2. The third-order valence-electron chi connectivity index (χ3n) is 4.79. The average Bonchev–Trinajstić information content (AvgIpc) is 3.02. The lowest BCUT2D eigenvalue weighted by Crippen LogP contribution is -2.47. The number of rotatable bonds is 6. The molecule has 2 aromatic carbocycles. The maximum absolute atomic E-state index is 12.7. The van der Waals surface area contributed by atoms with E-state index < -0.39 is 0 Å². The van der Waals surface area contributed by atoms with Crippen LogP contribution in [0.1, 0.15) is 29.3 Å². The Morgan fingerprint density at radius 3 is 2.70 bits per heavy atom. The number of nitrogens with zero attached hydrogens (tertiary/aromatic N) is 1. The lowest BCUT2D eigenvalue weighted by molar-refractivity contribution is -0.111. The van der Waals surface area contributed by atoms with Crippen LogP contribution in [0.5, 0.6) is 0 Å². The minimum Gasteiger partial charge on any atom is -0.346 e. The van der Waals surface area contributed by atoms with Gasteiger partial charge in [0, 0.05) is 30.9 Å². The van der Waals surface area contributed by atoms with Crippen molar-refractivity contribution >= 4 is 17.5 Å². The van der Waals surface area contributed by atoms with Gasteiger partial charge >= 0.3 is 0 Å². The van der Waals surface area contributed by atoms with Gasteiger partial charge in [0.05, 0.1) is 5.54 Å². The fraction of sp³-hybridized carbons (Fsp3) is 0.273. The minimum atomic E-state index is -0.299. The SMILES string of the molecule is C=CC(=O)Nc1cccc(C(=O)NC2(C)CCN(Cc3ccccc3)C2)c1. The lowest BCUT2D eigenvalue weighted by Gasteiger charge is -2.26. The summed E-state index contributed by atoms with van der Waals surface area (Å²) in [4.78, 5) is 26.5. The van der Waals surface area contributed by atoms with E-state index in [1.165, 1.54) is 11.6 Å². The number of hydrogen-bond acceptors (Lipinski definition) is 3. The Bertz CT molecular complexity index is 834. The zero-order valence-electron chi connectivity index (χ0n) is 15.6. The Balaban J connectivity index is 1.61. The van der Waals surface area contributed by atoms with Gasteiger partial charge in [-0.3, -0.25) is 14.5 Å². The molecule has 0 saturated carbocycles. The van der Waals surface area contributed by atoms with Crippen molar-refractivity contribution in [2.24, 2.45) is 0 Å². The zero-order chi connectivity index (χ0) is 19.3. The molecule has 2 N–H and O–H groups in total. The van der Waals surface area contributed by atoms with Crippen molar-refractivity contribution in [2.45, 2.75) is 25.4 Å². The van der Waals surface area contributed by atoms with Crippen molar-refractivity contribution in [1.29, 1.82) is 0 Å². The van der Waals surface area contributed by atoms with Crippen molar-refractivity contribution in [3.63, 3.8) is 0 Å². The van der Waals surface area contributed by atoms with Gasteiger partial charge in [-0.05, 0) is 43.2 Å². The molecule has 1 unspecified atom stereocenters. The third kappa shape index (κ3) is 5.05. The van der Waals surface area contributed by atoms with Crippen LogP contribution in [-0.4, -0.2) is 35.3 Å². The highest BCUT2D eigenvalue weighted by Crippen LogP contribution is 2.23. The van der Waals surface area contributed by atoms with Gasteiger partial charge in [-0.25, -0.2) is 0 Å². The highest BCUT2D eigenvalue weighted by molar-refractivity contribution is 6.00. The molecular weight excluding hydrogens is 338 g/mol. The molecule has 1 aliphatic rings. The molecule has 27 heavy (non-hydrogen) atoms. The van der Waals surface area contributed by atoms with Gasteiger partial charge in [0.2, 0.25) is 5.91 Å². The fourth-order valence-electron chi connectivity index (χ4n) is 3.41. The number of likely N-dealkylation sites (tertiary alicyclic amines) is 1. The summed E-state index contributed by atoms with van der Waals surface area (Å²) in [5.74, 6) is -0.430. The Morgan fingerprint density at radius 1 is 1.19 bits per heavy atom.